The molecular weight excluding hydrogens is 354 g/mol. The van der Waals surface area contributed by atoms with Crippen molar-refractivity contribution < 1.29 is 19.0 Å². The maximum Gasteiger partial charge on any atom is 0.307 e. The molecule has 26 heavy (non-hydrogen) atoms. The van der Waals surface area contributed by atoms with E-state index in [0.717, 1.165) is 11.1 Å². The Morgan fingerprint density at radius 3 is 2.38 bits per heavy atom. The maximum atomic E-state index is 11.6. The van der Waals surface area contributed by atoms with Crippen LogP contribution in [0, 0.1) is 0 Å². The van der Waals surface area contributed by atoms with E-state index >= 15 is 0 Å². The molecule has 0 heterocycles. The molecule has 5 nitrogen and oxygen atoms in total. The van der Waals surface area contributed by atoms with E-state index in [-0.39, 0.29) is 24.8 Å². The summed E-state index contributed by atoms with van der Waals surface area (Å²) in [5.41, 5.74) is 7.99. The van der Waals surface area contributed by atoms with Crippen LogP contribution in [0.1, 0.15) is 37.4 Å². The molecule has 2 rings (SSSR count). The first-order chi connectivity index (χ1) is 12.1. The van der Waals surface area contributed by atoms with E-state index in [4.69, 9.17) is 19.9 Å². The van der Waals surface area contributed by atoms with Crippen LogP contribution < -0.4 is 15.2 Å². The topological polar surface area (TPSA) is 70.8 Å². The average molecular weight is 380 g/mol. The molecule has 0 spiro atoms. The summed E-state index contributed by atoms with van der Waals surface area (Å²) in [6.45, 7) is 5.00. The van der Waals surface area contributed by atoms with Crippen molar-refractivity contribution in [3.8, 4) is 11.5 Å². The summed E-state index contributed by atoms with van der Waals surface area (Å²) in [6.07, 6.45) is 0.129. The van der Waals surface area contributed by atoms with E-state index in [1.165, 1.54) is 0 Å². The fourth-order valence-electron chi connectivity index (χ4n) is 2.40. The second kappa shape index (κ2) is 11.4. The number of rotatable bonds is 9. The second-order valence-corrected chi connectivity index (χ2v) is 5.53. The van der Waals surface area contributed by atoms with Crippen molar-refractivity contribution in [1.29, 1.82) is 0 Å². The summed E-state index contributed by atoms with van der Waals surface area (Å²) < 4.78 is 16.5. The molecular formula is C20H26ClNO4. The van der Waals surface area contributed by atoms with Gasteiger partial charge < -0.3 is 19.9 Å². The van der Waals surface area contributed by atoms with Crippen LogP contribution in [0.25, 0.3) is 0 Å². The normalized spacial score (nSPS) is 11.2. The van der Waals surface area contributed by atoms with E-state index in [1.54, 1.807) is 6.92 Å². The number of hydrogen-bond acceptors (Lipinski definition) is 5. The van der Waals surface area contributed by atoms with Crippen molar-refractivity contribution in [2.75, 3.05) is 13.2 Å². The Morgan fingerprint density at radius 2 is 1.73 bits per heavy atom. The molecule has 0 fully saturated rings. The lowest BCUT2D eigenvalue weighted by atomic mass is 10.0. The zero-order valence-electron chi connectivity index (χ0n) is 15.1. The van der Waals surface area contributed by atoms with E-state index in [0.29, 0.717) is 31.3 Å². The largest absolute Gasteiger partial charge is 0.490 e. The van der Waals surface area contributed by atoms with Gasteiger partial charge in [0, 0.05) is 6.04 Å². The van der Waals surface area contributed by atoms with E-state index < -0.39 is 6.04 Å². The number of hydrogen-bond donors (Lipinski definition) is 1. The first-order valence-corrected chi connectivity index (χ1v) is 8.48. The van der Waals surface area contributed by atoms with Crippen LogP contribution >= 0.6 is 12.4 Å². The minimum atomic E-state index is -0.443. The summed E-state index contributed by atoms with van der Waals surface area (Å²) in [4.78, 5) is 11.6. The highest BCUT2D eigenvalue weighted by Crippen LogP contribution is 2.31. The van der Waals surface area contributed by atoms with Crippen molar-refractivity contribution in [1.82, 2.24) is 0 Å². The predicted octanol–water partition coefficient (Wildman–Crippen LogP) is 4.04. The zero-order chi connectivity index (χ0) is 18.1. The molecule has 0 amide bonds. The highest BCUT2D eigenvalue weighted by Gasteiger charge is 2.15. The van der Waals surface area contributed by atoms with Crippen molar-refractivity contribution in [3.05, 3.63) is 59.7 Å². The summed E-state index contributed by atoms with van der Waals surface area (Å²) in [5, 5.41) is 0. The lowest BCUT2D eigenvalue weighted by molar-refractivity contribution is -0.143. The molecule has 0 aromatic heterocycles. The highest BCUT2D eigenvalue weighted by molar-refractivity contribution is 5.85. The van der Waals surface area contributed by atoms with Gasteiger partial charge in [-0.1, -0.05) is 36.4 Å². The molecule has 2 aromatic rings. The van der Waals surface area contributed by atoms with Crippen LogP contribution in [0.15, 0.2) is 48.5 Å². The molecule has 0 radical (unpaired) electrons. The SMILES string of the molecule is CCOC(=O)C[C@@H](N)c1ccc(OCc2ccccc2)c(OCC)c1.Cl. The molecule has 0 bridgehead atoms. The van der Waals surface area contributed by atoms with Gasteiger partial charge in [0.2, 0.25) is 0 Å². The van der Waals surface area contributed by atoms with E-state index in [9.17, 15) is 4.79 Å². The van der Waals surface area contributed by atoms with Crippen LogP contribution in [0.2, 0.25) is 0 Å². The standard InChI is InChI=1S/C20H25NO4.ClH/c1-3-23-19-12-16(17(21)13-20(22)24-4-2)10-11-18(19)25-14-15-8-6-5-7-9-15;/h5-12,17H,3-4,13-14,21H2,1-2H3;1H/t17-;/m1./s1. The summed E-state index contributed by atoms with van der Waals surface area (Å²) in [6, 6.07) is 15.0. The third-order valence-corrected chi connectivity index (χ3v) is 3.62. The third kappa shape index (κ3) is 6.58. The van der Waals surface area contributed by atoms with Gasteiger partial charge in [0.15, 0.2) is 11.5 Å². The van der Waals surface area contributed by atoms with Gasteiger partial charge in [0.25, 0.3) is 0 Å². The molecule has 0 unspecified atom stereocenters. The third-order valence-electron chi connectivity index (χ3n) is 3.62. The van der Waals surface area contributed by atoms with Gasteiger partial charge in [0.05, 0.1) is 19.6 Å². The van der Waals surface area contributed by atoms with Crippen LogP contribution in [0.4, 0.5) is 0 Å². The predicted molar refractivity (Wildman–Crippen MR) is 104 cm³/mol. The molecule has 0 aliphatic heterocycles. The molecule has 6 heteroatoms. The van der Waals surface area contributed by atoms with Crippen LogP contribution in [0.3, 0.4) is 0 Å². The van der Waals surface area contributed by atoms with Crippen LogP contribution in [-0.4, -0.2) is 19.2 Å². The molecule has 0 aliphatic carbocycles. The number of carbonyl (C=O) groups is 1. The number of halogens is 1. The molecule has 1 atom stereocenters. The lowest BCUT2D eigenvalue weighted by Gasteiger charge is -2.16. The quantitative estimate of drug-likeness (QED) is 0.666. The van der Waals surface area contributed by atoms with Crippen LogP contribution in [-0.2, 0) is 16.1 Å². The van der Waals surface area contributed by atoms with Crippen molar-refractivity contribution >= 4 is 18.4 Å². The Bertz CT molecular complexity index is 679. The number of benzene rings is 2. The van der Waals surface area contributed by atoms with Gasteiger partial charge in [-0.05, 0) is 37.1 Å². The zero-order valence-corrected chi connectivity index (χ0v) is 16.0. The van der Waals surface area contributed by atoms with Gasteiger partial charge in [-0.3, -0.25) is 4.79 Å². The average Bonchev–Trinajstić information content (AvgIpc) is 2.62. The Balaban J connectivity index is 0.00000338. The smallest absolute Gasteiger partial charge is 0.307 e. The minimum absolute atomic E-state index is 0. The minimum Gasteiger partial charge on any atom is -0.490 e. The number of nitrogens with two attached hydrogens (primary N) is 1. The van der Waals surface area contributed by atoms with Gasteiger partial charge in [-0.15, -0.1) is 12.4 Å². The second-order valence-electron chi connectivity index (χ2n) is 5.53. The lowest BCUT2D eigenvalue weighted by Crippen LogP contribution is -2.17. The first kappa shape index (κ1) is 21.8. The van der Waals surface area contributed by atoms with Gasteiger partial charge in [0.1, 0.15) is 6.61 Å². The summed E-state index contributed by atoms with van der Waals surface area (Å²) in [7, 11) is 0. The monoisotopic (exact) mass is 379 g/mol. The fraction of sp³-hybridized carbons (Fsp3) is 0.350. The van der Waals surface area contributed by atoms with Crippen molar-refractivity contribution in [3.63, 3.8) is 0 Å². The first-order valence-electron chi connectivity index (χ1n) is 8.48. The Kier molecular flexibility index (Phi) is 9.55. The molecule has 2 aromatic carbocycles. The Labute approximate surface area is 160 Å². The van der Waals surface area contributed by atoms with E-state index in [1.807, 2.05) is 55.5 Å². The van der Waals surface area contributed by atoms with Gasteiger partial charge >= 0.3 is 5.97 Å². The number of carbonyl (C=O) groups excluding carboxylic acids is 1. The maximum absolute atomic E-state index is 11.6. The molecule has 0 saturated carbocycles. The number of esters is 1. The molecule has 0 aliphatic rings. The molecule has 2 N–H and O–H groups in total. The Morgan fingerprint density at radius 1 is 1.00 bits per heavy atom. The van der Waals surface area contributed by atoms with Crippen LogP contribution in [0.5, 0.6) is 11.5 Å². The molecule has 142 valence electrons. The van der Waals surface area contributed by atoms with Crippen molar-refractivity contribution in [2.24, 2.45) is 5.73 Å². The highest BCUT2D eigenvalue weighted by atomic mass is 35.5. The van der Waals surface area contributed by atoms with Gasteiger partial charge in [-0.2, -0.15) is 0 Å². The van der Waals surface area contributed by atoms with Gasteiger partial charge in [-0.25, -0.2) is 0 Å². The molecule has 0 saturated heterocycles. The van der Waals surface area contributed by atoms with Crippen molar-refractivity contribution in [2.45, 2.75) is 32.9 Å². The number of ether oxygens (including phenoxy) is 3. The Hall–Kier alpha value is -2.24. The summed E-state index contributed by atoms with van der Waals surface area (Å²) in [5.74, 6) is 0.963. The van der Waals surface area contributed by atoms with E-state index in [2.05, 4.69) is 0 Å². The summed E-state index contributed by atoms with van der Waals surface area (Å²) >= 11 is 0. The fourth-order valence-corrected chi connectivity index (χ4v) is 2.40.